The quantitative estimate of drug-likeness (QED) is 0.269. The summed E-state index contributed by atoms with van der Waals surface area (Å²) in [5, 5.41) is 0. The maximum atomic E-state index is 12.1. The first-order chi connectivity index (χ1) is 17.4. The minimum Gasteiger partial charge on any atom is -0.494 e. The highest BCUT2D eigenvalue weighted by Crippen LogP contribution is 2.70. The number of benzene rings is 1. The molecule has 0 radical (unpaired) electrons. The van der Waals surface area contributed by atoms with Gasteiger partial charge in [-0.1, -0.05) is 12.1 Å². The first-order valence-electron chi connectivity index (χ1n) is 12.8. The second-order valence-electron chi connectivity index (χ2n) is 10.5. The van der Waals surface area contributed by atoms with Gasteiger partial charge in [-0.2, -0.15) is 4.89 Å². The predicted molar refractivity (Wildman–Crippen MR) is 126 cm³/mol. The Morgan fingerprint density at radius 1 is 1.03 bits per heavy atom. The van der Waals surface area contributed by atoms with Crippen LogP contribution in [0, 0.1) is 23.7 Å². The summed E-state index contributed by atoms with van der Waals surface area (Å²) in [5.74, 6) is -1.53. The fourth-order valence-corrected chi connectivity index (χ4v) is 7.51. The lowest BCUT2D eigenvalue weighted by Gasteiger charge is -2.70. The smallest absolute Gasteiger partial charge is 0.320 e. The van der Waals surface area contributed by atoms with Crippen LogP contribution < -0.4 is 4.74 Å². The molecular formula is C27H36O9. The van der Waals surface area contributed by atoms with E-state index in [1.807, 2.05) is 31.2 Å². The van der Waals surface area contributed by atoms with Gasteiger partial charge in [-0.15, -0.1) is 0 Å². The molecule has 1 aromatic rings. The molecule has 6 rings (SSSR count). The molecule has 3 unspecified atom stereocenters. The van der Waals surface area contributed by atoms with Crippen molar-refractivity contribution in [2.24, 2.45) is 23.7 Å². The van der Waals surface area contributed by atoms with E-state index >= 15 is 0 Å². The zero-order chi connectivity index (χ0) is 25.6. The molecule has 1 saturated heterocycles. The van der Waals surface area contributed by atoms with E-state index in [4.69, 9.17) is 33.5 Å². The average molecular weight is 505 g/mol. The van der Waals surface area contributed by atoms with Crippen LogP contribution in [0.1, 0.15) is 51.0 Å². The minimum atomic E-state index is -1.01. The van der Waals surface area contributed by atoms with Crippen LogP contribution in [-0.4, -0.2) is 57.7 Å². The lowest BCUT2D eigenvalue weighted by Crippen LogP contribution is -2.78. The summed E-state index contributed by atoms with van der Waals surface area (Å²) in [6.07, 6.45) is 4.85. The molecule has 4 bridgehead atoms. The molecule has 198 valence electrons. The zero-order valence-corrected chi connectivity index (χ0v) is 21.4. The van der Waals surface area contributed by atoms with Gasteiger partial charge >= 0.3 is 11.9 Å². The first kappa shape index (κ1) is 25.4. The molecular weight excluding hydrogens is 468 g/mol. The number of rotatable bonds is 10. The number of carbonyl (C=O) groups excluding carboxylic acids is 2. The third-order valence-electron chi connectivity index (χ3n) is 8.76. The normalized spacial score (nSPS) is 36.1. The van der Waals surface area contributed by atoms with Gasteiger partial charge in [0.05, 0.1) is 26.4 Å². The van der Waals surface area contributed by atoms with Crippen LogP contribution in [0.4, 0.5) is 0 Å². The molecule has 4 aliphatic carbocycles. The highest BCUT2D eigenvalue weighted by atomic mass is 17.3. The van der Waals surface area contributed by atoms with E-state index in [1.165, 1.54) is 14.2 Å². The Bertz CT molecular complexity index is 957. The van der Waals surface area contributed by atoms with Crippen LogP contribution in [-0.2, 0) is 44.1 Å². The predicted octanol–water partition coefficient (Wildman–Crippen LogP) is 3.53. The number of esters is 2. The van der Waals surface area contributed by atoms with Crippen LogP contribution in [0.2, 0.25) is 0 Å². The molecule has 0 N–H and O–H groups in total. The van der Waals surface area contributed by atoms with Gasteiger partial charge in [-0.05, 0) is 63.5 Å². The third kappa shape index (κ3) is 3.74. The fourth-order valence-electron chi connectivity index (χ4n) is 7.51. The molecule has 1 heterocycles. The summed E-state index contributed by atoms with van der Waals surface area (Å²) < 4.78 is 28.0. The van der Waals surface area contributed by atoms with Crippen LogP contribution in [0.25, 0.3) is 0 Å². The van der Waals surface area contributed by atoms with Gasteiger partial charge in [-0.3, -0.25) is 9.59 Å². The molecule has 0 amide bonds. The number of hydrogen-bond donors (Lipinski definition) is 0. The summed E-state index contributed by atoms with van der Waals surface area (Å²) in [6.45, 7) is 2.81. The Morgan fingerprint density at radius 3 is 2.28 bits per heavy atom. The number of methoxy groups -OCH3 is 3. The Hall–Kier alpha value is -2.20. The minimum absolute atomic E-state index is 0.185. The molecule has 1 spiro atoms. The summed E-state index contributed by atoms with van der Waals surface area (Å²) in [7, 11) is 4.21. The van der Waals surface area contributed by atoms with Gasteiger partial charge in [0.2, 0.25) is 0 Å². The molecule has 9 nitrogen and oxygen atoms in total. The summed E-state index contributed by atoms with van der Waals surface area (Å²) in [5.41, 5.74) is -0.0233. The fraction of sp³-hybridized carbons (Fsp3) is 0.704. The van der Waals surface area contributed by atoms with Gasteiger partial charge in [0, 0.05) is 31.1 Å². The Labute approximate surface area is 211 Å². The van der Waals surface area contributed by atoms with Gasteiger partial charge in [0.1, 0.15) is 5.75 Å². The van der Waals surface area contributed by atoms with Crippen LogP contribution in [0.5, 0.6) is 5.75 Å². The molecule has 5 fully saturated rings. The summed E-state index contributed by atoms with van der Waals surface area (Å²) >= 11 is 0. The lowest BCUT2D eigenvalue weighted by atomic mass is 9.45. The van der Waals surface area contributed by atoms with Gasteiger partial charge < -0.3 is 23.7 Å². The van der Waals surface area contributed by atoms with Crippen molar-refractivity contribution in [3.05, 3.63) is 29.8 Å². The second kappa shape index (κ2) is 9.59. The van der Waals surface area contributed by atoms with Gasteiger partial charge in [-0.25, -0.2) is 4.89 Å². The van der Waals surface area contributed by atoms with Crippen molar-refractivity contribution in [1.29, 1.82) is 0 Å². The Morgan fingerprint density at radius 2 is 1.72 bits per heavy atom. The van der Waals surface area contributed by atoms with E-state index in [-0.39, 0.29) is 30.5 Å². The highest BCUT2D eigenvalue weighted by Gasteiger charge is 2.78. The molecule has 36 heavy (non-hydrogen) atoms. The van der Waals surface area contributed by atoms with E-state index in [2.05, 4.69) is 0 Å². The van der Waals surface area contributed by atoms with Gasteiger partial charge in [0.25, 0.3) is 5.79 Å². The molecule has 4 saturated carbocycles. The standard InChI is InChI=1S/C27H36O9/c1-5-33-21-8-6-7-18(13-21)27(32-4)26(35-36-27)19-11-17-12-20(26)16-25(14-17,15-19)34-10-9-22(23(28)30-2)24(29)31-3/h6-8,13,17,19-20,22H,5,9-12,14-16H2,1-4H3. The molecule has 9 heteroatoms. The first-order valence-corrected chi connectivity index (χ1v) is 12.8. The van der Waals surface area contributed by atoms with Crippen molar-refractivity contribution in [2.45, 2.75) is 62.4 Å². The van der Waals surface area contributed by atoms with Crippen molar-refractivity contribution in [3.63, 3.8) is 0 Å². The number of ether oxygens (including phenoxy) is 5. The average Bonchev–Trinajstić information content (AvgIpc) is 2.86. The second-order valence-corrected chi connectivity index (χ2v) is 10.5. The topological polar surface area (TPSA) is 98.8 Å². The lowest BCUT2D eigenvalue weighted by molar-refractivity contribution is -0.647. The number of carbonyl (C=O) groups is 2. The van der Waals surface area contributed by atoms with Gasteiger partial charge in [0.15, 0.2) is 11.5 Å². The monoisotopic (exact) mass is 504 g/mol. The summed E-state index contributed by atoms with van der Waals surface area (Å²) in [4.78, 5) is 36.1. The Kier molecular flexibility index (Phi) is 6.78. The highest BCUT2D eigenvalue weighted by molar-refractivity contribution is 5.94. The van der Waals surface area contributed by atoms with E-state index in [9.17, 15) is 9.59 Å². The Balaban J connectivity index is 1.35. The molecule has 1 aliphatic heterocycles. The molecule has 0 aromatic heterocycles. The van der Waals surface area contributed by atoms with E-state index in [0.717, 1.165) is 43.4 Å². The SMILES string of the molecule is CCOc1cccc(C2(OC)OOC23C2CC4CC3CC(OCCC(C(=O)OC)C(=O)OC)(C4)C2)c1. The molecule has 1 aromatic carbocycles. The van der Waals surface area contributed by atoms with E-state index in [1.54, 1.807) is 7.11 Å². The maximum absolute atomic E-state index is 12.1. The van der Waals surface area contributed by atoms with Crippen molar-refractivity contribution in [1.82, 2.24) is 0 Å². The largest absolute Gasteiger partial charge is 0.494 e. The van der Waals surface area contributed by atoms with Crippen molar-refractivity contribution in [3.8, 4) is 5.75 Å². The van der Waals surface area contributed by atoms with E-state index in [0.29, 0.717) is 12.5 Å². The van der Waals surface area contributed by atoms with Crippen LogP contribution in [0.3, 0.4) is 0 Å². The third-order valence-corrected chi connectivity index (χ3v) is 8.76. The molecule has 3 atom stereocenters. The van der Waals surface area contributed by atoms with Crippen LogP contribution >= 0.6 is 0 Å². The van der Waals surface area contributed by atoms with Crippen molar-refractivity contribution in [2.75, 3.05) is 34.5 Å². The molecule has 5 aliphatic rings. The zero-order valence-electron chi connectivity index (χ0n) is 21.4. The maximum Gasteiger partial charge on any atom is 0.320 e. The number of hydrogen-bond acceptors (Lipinski definition) is 9. The van der Waals surface area contributed by atoms with Crippen molar-refractivity contribution >= 4 is 11.9 Å². The summed E-state index contributed by atoms with van der Waals surface area (Å²) in [6, 6.07) is 7.87. The van der Waals surface area contributed by atoms with Crippen molar-refractivity contribution < 1.29 is 43.0 Å². The van der Waals surface area contributed by atoms with Crippen LogP contribution in [0.15, 0.2) is 24.3 Å². The van der Waals surface area contributed by atoms with E-state index < -0.39 is 29.2 Å².